The van der Waals surface area contributed by atoms with Crippen LogP contribution in [-0.4, -0.2) is 22.6 Å². The molecule has 1 heterocycles. The zero-order chi connectivity index (χ0) is 17.3. The van der Waals surface area contributed by atoms with Crippen LogP contribution in [0.2, 0.25) is 5.02 Å². The molecular formula is C18H21ClN2O2. The lowest BCUT2D eigenvalue weighted by Gasteiger charge is -2.16. The van der Waals surface area contributed by atoms with Gasteiger partial charge in [-0.25, -0.2) is 0 Å². The van der Waals surface area contributed by atoms with Crippen molar-refractivity contribution in [1.82, 2.24) is 4.98 Å². The number of H-pyrrole nitrogens is 1. The molecule has 2 rings (SSSR count). The zero-order valence-corrected chi connectivity index (χ0v) is 14.8. The number of ketones is 2. The average molecular weight is 333 g/mol. The molecule has 0 bridgehead atoms. The monoisotopic (exact) mass is 332 g/mol. The van der Waals surface area contributed by atoms with Crippen molar-refractivity contribution in [3.63, 3.8) is 0 Å². The van der Waals surface area contributed by atoms with Crippen LogP contribution in [0.5, 0.6) is 0 Å². The van der Waals surface area contributed by atoms with Gasteiger partial charge in [0.05, 0.1) is 11.7 Å². The summed E-state index contributed by atoms with van der Waals surface area (Å²) in [5.41, 5.74) is 4.23. The zero-order valence-electron chi connectivity index (χ0n) is 14.0. The van der Waals surface area contributed by atoms with Gasteiger partial charge < -0.3 is 10.3 Å². The van der Waals surface area contributed by atoms with Crippen molar-refractivity contribution < 1.29 is 9.59 Å². The topological polar surface area (TPSA) is 62.0 Å². The van der Waals surface area contributed by atoms with E-state index in [1.165, 1.54) is 6.92 Å². The van der Waals surface area contributed by atoms with Crippen LogP contribution < -0.4 is 5.32 Å². The SMILES string of the molecule is CC(=O)c1c(C)[nH]c(C(=O)[C@H](C)Nc2cccc(Cl)c2C)c1C. The summed E-state index contributed by atoms with van der Waals surface area (Å²) in [6.07, 6.45) is 0. The number of aromatic amines is 1. The molecule has 5 heteroatoms. The van der Waals surface area contributed by atoms with Crippen LogP contribution in [0.3, 0.4) is 0 Å². The summed E-state index contributed by atoms with van der Waals surface area (Å²) in [4.78, 5) is 27.5. The summed E-state index contributed by atoms with van der Waals surface area (Å²) in [7, 11) is 0. The van der Waals surface area contributed by atoms with Gasteiger partial charge in [-0.05, 0) is 57.9 Å². The second-order valence-corrected chi connectivity index (χ2v) is 6.23. The fraction of sp³-hybridized carbons (Fsp3) is 0.333. The van der Waals surface area contributed by atoms with E-state index in [2.05, 4.69) is 10.3 Å². The number of carbonyl (C=O) groups excluding carboxylic acids is 2. The lowest BCUT2D eigenvalue weighted by atomic mass is 10.0. The molecule has 0 aliphatic carbocycles. The van der Waals surface area contributed by atoms with Crippen molar-refractivity contribution in [3.05, 3.63) is 51.3 Å². The highest BCUT2D eigenvalue weighted by molar-refractivity contribution is 6.31. The third-order valence-electron chi connectivity index (χ3n) is 4.07. The quantitative estimate of drug-likeness (QED) is 0.793. The lowest BCUT2D eigenvalue weighted by Crippen LogP contribution is -2.27. The van der Waals surface area contributed by atoms with E-state index in [9.17, 15) is 9.59 Å². The van der Waals surface area contributed by atoms with Crippen LogP contribution in [0.15, 0.2) is 18.2 Å². The number of aryl methyl sites for hydroxylation is 1. The molecule has 0 radical (unpaired) electrons. The molecule has 0 unspecified atom stereocenters. The van der Waals surface area contributed by atoms with Gasteiger partial charge in [0.2, 0.25) is 5.78 Å². The van der Waals surface area contributed by atoms with Crippen molar-refractivity contribution in [2.75, 3.05) is 5.32 Å². The predicted octanol–water partition coefficient (Wildman–Crippen LogP) is 4.48. The first kappa shape index (κ1) is 17.3. The maximum atomic E-state index is 12.7. The Morgan fingerprint density at radius 2 is 1.83 bits per heavy atom. The highest BCUT2D eigenvalue weighted by Crippen LogP contribution is 2.25. The molecule has 1 aromatic carbocycles. The Morgan fingerprint density at radius 3 is 2.39 bits per heavy atom. The molecule has 1 aromatic heterocycles. The number of rotatable bonds is 5. The Bertz CT molecular complexity index is 778. The molecule has 2 aromatic rings. The number of benzene rings is 1. The van der Waals surface area contributed by atoms with Gasteiger partial charge in [-0.15, -0.1) is 0 Å². The van der Waals surface area contributed by atoms with Crippen LogP contribution >= 0.6 is 11.6 Å². The highest BCUT2D eigenvalue weighted by atomic mass is 35.5. The largest absolute Gasteiger partial charge is 0.375 e. The van der Waals surface area contributed by atoms with E-state index in [4.69, 9.17) is 11.6 Å². The number of hydrogen-bond acceptors (Lipinski definition) is 3. The molecule has 0 spiro atoms. The van der Waals surface area contributed by atoms with Crippen molar-refractivity contribution in [3.8, 4) is 0 Å². The first-order chi connectivity index (χ1) is 10.7. The van der Waals surface area contributed by atoms with Gasteiger partial charge in [-0.2, -0.15) is 0 Å². The van der Waals surface area contributed by atoms with E-state index < -0.39 is 6.04 Å². The lowest BCUT2D eigenvalue weighted by molar-refractivity contribution is 0.0970. The van der Waals surface area contributed by atoms with Gasteiger partial charge in [-0.3, -0.25) is 9.59 Å². The molecular weight excluding hydrogens is 312 g/mol. The van der Waals surface area contributed by atoms with E-state index in [0.29, 0.717) is 21.8 Å². The van der Waals surface area contributed by atoms with Crippen molar-refractivity contribution in [2.24, 2.45) is 0 Å². The smallest absolute Gasteiger partial charge is 0.201 e. The minimum absolute atomic E-state index is 0.0402. The fourth-order valence-electron chi connectivity index (χ4n) is 2.80. The molecule has 0 fully saturated rings. The number of carbonyl (C=O) groups is 2. The first-order valence-electron chi connectivity index (χ1n) is 7.50. The second kappa shape index (κ2) is 6.59. The van der Waals surface area contributed by atoms with E-state index in [1.54, 1.807) is 20.8 Å². The van der Waals surface area contributed by atoms with Crippen LogP contribution in [0.25, 0.3) is 0 Å². The number of anilines is 1. The molecule has 0 aliphatic heterocycles. The molecule has 0 saturated carbocycles. The van der Waals surface area contributed by atoms with Gasteiger partial charge in [-0.1, -0.05) is 17.7 Å². The van der Waals surface area contributed by atoms with Gasteiger partial charge in [0.1, 0.15) is 0 Å². The Balaban J connectivity index is 2.29. The molecule has 0 amide bonds. The van der Waals surface area contributed by atoms with Crippen LogP contribution in [-0.2, 0) is 0 Å². The predicted molar refractivity (Wildman–Crippen MR) is 93.9 cm³/mol. The first-order valence-corrected chi connectivity index (χ1v) is 7.87. The molecule has 1 atom stereocenters. The summed E-state index contributed by atoms with van der Waals surface area (Å²) in [5, 5.41) is 3.85. The number of nitrogens with one attached hydrogen (secondary N) is 2. The van der Waals surface area contributed by atoms with E-state index in [1.807, 2.05) is 25.1 Å². The fourth-order valence-corrected chi connectivity index (χ4v) is 2.98. The van der Waals surface area contributed by atoms with Gasteiger partial charge in [0, 0.05) is 22.0 Å². The minimum atomic E-state index is -0.441. The molecule has 2 N–H and O–H groups in total. The third kappa shape index (κ3) is 3.32. The number of aromatic nitrogens is 1. The molecule has 4 nitrogen and oxygen atoms in total. The van der Waals surface area contributed by atoms with E-state index in [0.717, 1.165) is 16.9 Å². The molecule has 23 heavy (non-hydrogen) atoms. The normalized spacial score (nSPS) is 12.1. The van der Waals surface area contributed by atoms with E-state index >= 15 is 0 Å². The average Bonchev–Trinajstić information content (AvgIpc) is 2.78. The van der Waals surface area contributed by atoms with Crippen molar-refractivity contribution >= 4 is 28.9 Å². The number of halogens is 1. The summed E-state index contributed by atoms with van der Waals surface area (Å²) >= 11 is 6.11. The summed E-state index contributed by atoms with van der Waals surface area (Å²) < 4.78 is 0. The summed E-state index contributed by atoms with van der Waals surface area (Å²) in [6, 6.07) is 5.10. The van der Waals surface area contributed by atoms with Gasteiger partial charge in [0.15, 0.2) is 5.78 Å². The maximum absolute atomic E-state index is 12.7. The summed E-state index contributed by atoms with van der Waals surface area (Å²) in [6.45, 7) is 8.81. The Kier molecular flexibility index (Phi) is 4.95. The van der Waals surface area contributed by atoms with Crippen LogP contribution in [0, 0.1) is 20.8 Å². The van der Waals surface area contributed by atoms with Gasteiger partial charge in [0.25, 0.3) is 0 Å². The van der Waals surface area contributed by atoms with E-state index in [-0.39, 0.29) is 11.6 Å². The molecule has 122 valence electrons. The Hall–Kier alpha value is -2.07. The molecule has 0 aliphatic rings. The van der Waals surface area contributed by atoms with Gasteiger partial charge >= 0.3 is 0 Å². The third-order valence-corrected chi connectivity index (χ3v) is 4.48. The van der Waals surface area contributed by atoms with Crippen molar-refractivity contribution in [2.45, 2.75) is 40.7 Å². The summed E-state index contributed by atoms with van der Waals surface area (Å²) in [5.74, 6) is -0.126. The Morgan fingerprint density at radius 1 is 1.17 bits per heavy atom. The van der Waals surface area contributed by atoms with Crippen LogP contribution in [0.4, 0.5) is 5.69 Å². The van der Waals surface area contributed by atoms with Crippen LogP contribution in [0.1, 0.15) is 51.5 Å². The second-order valence-electron chi connectivity index (χ2n) is 5.82. The molecule has 0 saturated heterocycles. The highest BCUT2D eigenvalue weighted by Gasteiger charge is 2.23. The Labute approximate surface area is 141 Å². The number of Topliss-reactive ketones (excluding diaryl/α,β-unsaturated/α-hetero) is 2. The minimum Gasteiger partial charge on any atom is -0.375 e. The van der Waals surface area contributed by atoms with Crippen molar-refractivity contribution in [1.29, 1.82) is 0 Å². The standard InChI is InChI=1S/C18H21ClN2O2/c1-9-14(19)7-6-8-15(9)20-12(4)18(23)17-10(2)16(13(5)22)11(3)21-17/h6-8,12,20-21H,1-5H3/t12-/m0/s1. The number of hydrogen-bond donors (Lipinski definition) is 2. The maximum Gasteiger partial charge on any atom is 0.201 e.